The van der Waals surface area contributed by atoms with E-state index in [0.717, 1.165) is 32.2 Å². The maximum Gasteiger partial charge on any atom is 0.306 e. The van der Waals surface area contributed by atoms with Gasteiger partial charge in [0.1, 0.15) is 0 Å². The summed E-state index contributed by atoms with van der Waals surface area (Å²) in [7, 11) is 0. The van der Waals surface area contributed by atoms with Gasteiger partial charge in [-0.15, -0.1) is 0 Å². The van der Waals surface area contributed by atoms with Crippen molar-refractivity contribution >= 4 is 11.9 Å². The standard InChI is InChI=1S/C17H29NO3/c1-3-18(15-10-5-4-7-12(15)2)16(19)13-8-6-9-14(11-13)17(20)21/h12-15H,3-11H2,1-2H3,(H,20,21). The largest absolute Gasteiger partial charge is 0.481 e. The summed E-state index contributed by atoms with van der Waals surface area (Å²) in [5, 5.41) is 9.20. The third kappa shape index (κ3) is 3.78. The molecule has 2 rings (SSSR count). The fraction of sp³-hybridized carbons (Fsp3) is 0.882. The van der Waals surface area contributed by atoms with Crippen molar-refractivity contribution < 1.29 is 14.7 Å². The van der Waals surface area contributed by atoms with E-state index in [2.05, 4.69) is 18.7 Å². The highest BCUT2D eigenvalue weighted by Crippen LogP contribution is 2.34. The van der Waals surface area contributed by atoms with Crippen LogP contribution in [0.4, 0.5) is 0 Å². The van der Waals surface area contributed by atoms with Gasteiger partial charge in [0.05, 0.1) is 5.92 Å². The monoisotopic (exact) mass is 295 g/mol. The minimum Gasteiger partial charge on any atom is -0.481 e. The van der Waals surface area contributed by atoms with Crippen LogP contribution >= 0.6 is 0 Å². The fourth-order valence-corrected chi connectivity index (χ4v) is 4.19. The molecule has 2 aliphatic rings. The maximum atomic E-state index is 12.9. The van der Waals surface area contributed by atoms with Gasteiger partial charge in [0.15, 0.2) is 0 Å². The predicted molar refractivity (Wildman–Crippen MR) is 81.9 cm³/mol. The summed E-state index contributed by atoms with van der Waals surface area (Å²) in [6.45, 7) is 5.06. The van der Waals surface area contributed by atoms with Gasteiger partial charge in [-0.3, -0.25) is 9.59 Å². The van der Waals surface area contributed by atoms with E-state index < -0.39 is 5.97 Å². The van der Waals surface area contributed by atoms with Gasteiger partial charge in [0.25, 0.3) is 0 Å². The Morgan fingerprint density at radius 3 is 2.33 bits per heavy atom. The summed E-state index contributed by atoms with van der Waals surface area (Å²) in [4.78, 5) is 26.1. The minimum atomic E-state index is -0.735. The molecule has 1 amide bonds. The number of nitrogens with zero attached hydrogens (tertiary/aromatic N) is 1. The Kier molecular flexibility index (Phi) is 5.65. The van der Waals surface area contributed by atoms with Crippen LogP contribution in [-0.2, 0) is 9.59 Å². The molecule has 0 bridgehead atoms. The molecule has 21 heavy (non-hydrogen) atoms. The van der Waals surface area contributed by atoms with Crippen LogP contribution in [0.3, 0.4) is 0 Å². The van der Waals surface area contributed by atoms with Gasteiger partial charge in [-0.05, 0) is 44.9 Å². The molecule has 120 valence electrons. The minimum absolute atomic E-state index is 0.0751. The number of rotatable bonds is 4. The zero-order chi connectivity index (χ0) is 15.4. The molecule has 4 atom stereocenters. The van der Waals surface area contributed by atoms with Crippen LogP contribution in [0.2, 0.25) is 0 Å². The molecular weight excluding hydrogens is 266 g/mol. The molecule has 0 heterocycles. The molecule has 0 aliphatic heterocycles. The van der Waals surface area contributed by atoms with E-state index in [9.17, 15) is 14.7 Å². The number of amides is 1. The second kappa shape index (κ2) is 7.28. The molecular formula is C17H29NO3. The van der Waals surface area contributed by atoms with Gasteiger partial charge in [0.2, 0.25) is 5.91 Å². The van der Waals surface area contributed by atoms with Crippen LogP contribution in [0, 0.1) is 17.8 Å². The number of carbonyl (C=O) groups excluding carboxylic acids is 1. The first-order valence-electron chi connectivity index (χ1n) is 8.57. The first-order valence-corrected chi connectivity index (χ1v) is 8.57. The molecule has 4 unspecified atom stereocenters. The van der Waals surface area contributed by atoms with E-state index in [4.69, 9.17) is 0 Å². The zero-order valence-electron chi connectivity index (χ0n) is 13.4. The van der Waals surface area contributed by atoms with Gasteiger partial charge in [-0.1, -0.05) is 26.2 Å². The van der Waals surface area contributed by atoms with E-state index in [-0.39, 0.29) is 17.7 Å². The lowest BCUT2D eigenvalue weighted by Gasteiger charge is -2.40. The first kappa shape index (κ1) is 16.3. The highest BCUT2D eigenvalue weighted by Gasteiger charge is 2.36. The SMILES string of the molecule is CCN(C(=O)C1CCCC(C(=O)O)C1)C1CCCCC1C. The summed E-state index contributed by atoms with van der Waals surface area (Å²) >= 11 is 0. The summed E-state index contributed by atoms with van der Waals surface area (Å²) < 4.78 is 0. The molecule has 0 aromatic carbocycles. The molecule has 4 nitrogen and oxygen atoms in total. The van der Waals surface area contributed by atoms with Crippen LogP contribution in [0.1, 0.15) is 65.2 Å². The number of carbonyl (C=O) groups is 2. The van der Waals surface area contributed by atoms with Crippen LogP contribution in [0.5, 0.6) is 0 Å². The lowest BCUT2D eigenvalue weighted by atomic mass is 9.79. The number of hydrogen-bond acceptors (Lipinski definition) is 2. The lowest BCUT2D eigenvalue weighted by Crippen LogP contribution is -2.48. The molecule has 0 aromatic rings. The third-order valence-corrected chi connectivity index (χ3v) is 5.46. The van der Waals surface area contributed by atoms with Crippen molar-refractivity contribution in [1.29, 1.82) is 0 Å². The number of aliphatic carboxylic acids is 1. The fourth-order valence-electron chi connectivity index (χ4n) is 4.19. The van der Waals surface area contributed by atoms with Crippen LogP contribution in [0.25, 0.3) is 0 Å². The lowest BCUT2D eigenvalue weighted by molar-refractivity contribution is -0.146. The van der Waals surface area contributed by atoms with Crippen molar-refractivity contribution in [1.82, 2.24) is 4.90 Å². The number of carboxylic acid groups (broad SMARTS) is 1. The summed E-state index contributed by atoms with van der Waals surface area (Å²) in [5.74, 6) is -0.352. The predicted octanol–water partition coefficient (Wildman–Crippen LogP) is 3.30. The normalized spacial score (nSPS) is 33.4. The van der Waals surface area contributed by atoms with Crippen molar-refractivity contribution in [2.45, 2.75) is 71.3 Å². The summed E-state index contributed by atoms with van der Waals surface area (Å²) in [5.41, 5.74) is 0. The smallest absolute Gasteiger partial charge is 0.306 e. The quantitative estimate of drug-likeness (QED) is 0.865. The molecule has 2 fully saturated rings. The maximum absolute atomic E-state index is 12.9. The average Bonchev–Trinajstić information content (AvgIpc) is 2.50. The third-order valence-electron chi connectivity index (χ3n) is 5.46. The van der Waals surface area contributed by atoms with Gasteiger partial charge < -0.3 is 10.0 Å². The van der Waals surface area contributed by atoms with Gasteiger partial charge in [-0.25, -0.2) is 0 Å². The molecule has 4 heteroatoms. The Labute approximate surface area is 127 Å². The van der Waals surface area contributed by atoms with Gasteiger partial charge >= 0.3 is 5.97 Å². The molecule has 0 saturated heterocycles. The van der Waals surface area contributed by atoms with Gasteiger partial charge in [-0.2, -0.15) is 0 Å². The van der Waals surface area contributed by atoms with Crippen molar-refractivity contribution in [3.05, 3.63) is 0 Å². The topological polar surface area (TPSA) is 57.6 Å². The van der Waals surface area contributed by atoms with E-state index in [1.807, 2.05) is 0 Å². The Balaban J connectivity index is 2.03. The Hall–Kier alpha value is -1.06. The molecule has 0 radical (unpaired) electrons. The Morgan fingerprint density at radius 2 is 1.71 bits per heavy atom. The highest BCUT2D eigenvalue weighted by atomic mass is 16.4. The van der Waals surface area contributed by atoms with Crippen molar-refractivity contribution in [3.8, 4) is 0 Å². The van der Waals surface area contributed by atoms with E-state index >= 15 is 0 Å². The second-order valence-electron chi connectivity index (χ2n) is 6.85. The highest BCUT2D eigenvalue weighted by molar-refractivity contribution is 5.80. The Morgan fingerprint density at radius 1 is 1.05 bits per heavy atom. The van der Waals surface area contributed by atoms with Crippen LogP contribution < -0.4 is 0 Å². The van der Waals surface area contributed by atoms with Crippen LogP contribution in [-0.4, -0.2) is 34.5 Å². The summed E-state index contributed by atoms with van der Waals surface area (Å²) in [6, 6.07) is 0.362. The van der Waals surface area contributed by atoms with Crippen molar-refractivity contribution in [2.75, 3.05) is 6.54 Å². The molecule has 0 spiro atoms. The van der Waals surface area contributed by atoms with Gasteiger partial charge in [0, 0.05) is 18.5 Å². The Bertz CT molecular complexity index is 382. The van der Waals surface area contributed by atoms with Crippen molar-refractivity contribution in [2.24, 2.45) is 17.8 Å². The van der Waals surface area contributed by atoms with Crippen LogP contribution in [0.15, 0.2) is 0 Å². The van der Waals surface area contributed by atoms with E-state index in [1.54, 1.807) is 0 Å². The van der Waals surface area contributed by atoms with Crippen molar-refractivity contribution in [3.63, 3.8) is 0 Å². The number of carboxylic acids is 1. The number of hydrogen-bond donors (Lipinski definition) is 1. The first-order chi connectivity index (χ1) is 10.0. The molecule has 1 N–H and O–H groups in total. The average molecular weight is 295 g/mol. The molecule has 2 aliphatic carbocycles. The molecule has 2 saturated carbocycles. The second-order valence-corrected chi connectivity index (χ2v) is 6.85. The summed E-state index contributed by atoms with van der Waals surface area (Å²) in [6.07, 6.45) is 7.78. The molecule has 0 aromatic heterocycles. The van der Waals surface area contributed by atoms with E-state index in [1.165, 1.54) is 19.3 Å². The van der Waals surface area contributed by atoms with E-state index in [0.29, 0.717) is 18.4 Å². The zero-order valence-corrected chi connectivity index (χ0v) is 13.4.